The van der Waals surface area contributed by atoms with Crippen LogP contribution in [0.15, 0.2) is 0 Å². The van der Waals surface area contributed by atoms with Crippen molar-refractivity contribution in [1.82, 2.24) is 0 Å². The van der Waals surface area contributed by atoms with Crippen molar-refractivity contribution in [2.45, 2.75) is 59.2 Å². The topological polar surface area (TPSA) is 46.5 Å². The molecule has 0 heterocycles. The second kappa shape index (κ2) is 4.52. The summed E-state index contributed by atoms with van der Waals surface area (Å²) in [4.78, 5) is 11.4. The Labute approximate surface area is 91.8 Å². The second-order valence-electron chi connectivity index (χ2n) is 5.68. The van der Waals surface area contributed by atoms with Crippen molar-refractivity contribution in [2.24, 2.45) is 11.3 Å². The lowest BCUT2D eigenvalue weighted by atomic mass is 9.75. The number of aliphatic hydroxyl groups excluding tert-OH is 1. The molecule has 1 aliphatic carbocycles. The molecule has 88 valence electrons. The van der Waals surface area contributed by atoms with Gasteiger partial charge in [0.25, 0.3) is 0 Å². The molecule has 2 atom stereocenters. The Kier molecular flexibility index (Phi) is 3.77. The number of rotatable bonds is 2. The van der Waals surface area contributed by atoms with E-state index in [0.717, 1.165) is 12.8 Å². The van der Waals surface area contributed by atoms with Crippen LogP contribution in [0.5, 0.6) is 0 Å². The highest BCUT2D eigenvalue weighted by Crippen LogP contribution is 2.36. The summed E-state index contributed by atoms with van der Waals surface area (Å²) >= 11 is 0. The molecule has 0 aromatic heterocycles. The third-order valence-electron chi connectivity index (χ3n) is 2.86. The number of hydrogen-bond donors (Lipinski definition) is 1. The molecule has 0 bridgehead atoms. The summed E-state index contributed by atoms with van der Waals surface area (Å²) in [6.07, 6.45) is 1.78. The van der Waals surface area contributed by atoms with Crippen molar-refractivity contribution in [3.05, 3.63) is 0 Å². The predicted molar refractivity (Wildman–Crippen MR) is 58.4 cm³/mol. The van der Waals surface area contributed by atoms with Crippen molar-refractivity contribution < 1.29 is 14.6 Å². The van der Waals surface area contributed by atoms with E-state index in [4.69, 9.17) is 4.74 Å². The first-order valence-corrected chi connectivity index (χ1v) is 5.69. The Balaban J connectivity index is 2.52. The first-order valence-electron chi connectivity index (χ1n) is 5.69. The van der Waals surface area contributed by atoms with E-state index in [1.807, 2.05) is 13.8 Å². The molecule has 0 aliphatic heterocycles. The molecule has 1 fully saturated rings. The van der Waals surface area contributed by atoms with E-state index in [1.165, 1.54) is 0 Å². The first kappa shape index (κ1) is 12.5. The van der Waals surface area contributed by atoms with Crippen LogP contribution in [-0.4, -0.2) is 23.3 Å². The zero-order chi connectivity index (χ0) is 11.6. The molecule has 3 heteroatoms. The molecule has 0 aromatic rings. The molecule has 0 amide bonds. The molecule has 0 spiro atoms. The molecular weight excluding hydrogens is 192 g/mol. The third-order valence-corrected chi connectivity index (χ3v) is 2.86. The highest BCUT2D eigenvalue weighted by atomic mass is 16.5. The van der Waals surface area contributed by atoms with Gasteiger partial charge in [-0.1, -0.05) is 27.7 Å². The van der Waals surface area contributed by atoms with Gasteiger partial charge in [-0.2, -0.15) is 0 Å². The smallest absolute Gasteiger partial charge is 0.308 e. The van der Waals surface area contributed by atoms with Crippen LogP contribution in [0.1, 0.15) is 47.0 Å². The van der Waals surface area contributed by atoms with Gasteiger partial charge in [-0.15, -0.1) is 0 Å². The Morgan fingerprint density at radius 1 is 1.40 bits per heavy atom. The van der Waals surface area contributed by atoms with E-state index >= 15 is 0 Å². The van der Waals surface area contributed by atoms with Crippen molar-refractivity contribution in [2.75, 3.05) is 0 Å². The van der Waals surface area contributed by atoms with Crippen LogP contribution < -0.4 is 0 Å². The molecule has 1 rings (SSSR count). The minimum absolute atomic E-state index is 0.0690. The van der Waals surface area contributed by atoms with E-state index in [0.29, 0.717) is 6.42 Å². The largest absolute Gasteiger partial charge is 0.462 e. The van der Waals surface area contributed by atoms with Gasteiger partial charge in [0.05, 0.1) is 12.0 Å². The van der Waals surface area contributed by atoms with Crippen molar-refractivity contribution >= 4 is 5.97 Å². The van der Waals surface area contributed by atoms with Gasteiger partial charge in [0.2, 0.25) is 0 Å². The average molecular weight is 214 g/mol. The SMILES string of the molecule is CC(C)C(=O)O[C@@H]1C[C@H](O)CC(C)(C)C1. The standard InChI is InChI=1S/C12H22O3/c1-8(2)11(14)15-10-5-9(13)6-12(3,4)7-10/h8-10,13H,5-7H2,1-4H3/t9-,10+/m0/s1. The van der Waals surface area contributed by atoms with Crippen molar-refractivity contribution in [1.29, 1.82) is 0 Å². The zero-order valence-corrected chi connectivity index (χ0v) is 10.1. The van der Waals surface area contributed by atoms with E-state index in [-0.39, 0.29) is 29.5 Å². The van der Waals surface area contributed by atoms with Crippen LogP contribution in [0.3, 0.4) is 0 Å². The zero-order valence-electron chi connectivity index (χ0n) is 10.1. The number of hydrogen-bond acceptors (Lipinski definition) is 3. The lowest BCUT2D eigenvalue weighted by Gasteiger charge is -2.37. The van der Waals surface area contributed by atoms with Crippen LogP contribution in [0.4, 0.5) is 0 Å². The van der Waals surface area contributed by atoms with Crippen LogP contribution >= 0.6 is 0 Å². The molecular formula is C12H22O3. The lowest BCUT2D eigenvalue weighted by Crippen LogP contribution is -2.37. The van der Waals surface area contributed by atoms with Gasteiger partial charge in [0.1, 0.15) is 6.10 Å². The monoisotopic (exact) mass is 214 g/mol. The summed E-state index contributed by atoms with van der Waals surface area (Å²) in [7, 11) is 0. The first-order chi connectivity index (χ1) is 6.80. The summed E-state index contributed by atoms with van der Waals surface area (Å²) < 4.78 is 5.36. The van der Waals surface area contributed by atoms with Gasteiger partial charge in [0.15, 0.2) is 0 Å². The molecule has 3 nitrogen and oxygen atoms in total. The van der Waals surface area contributed by atoms with Crippen LogP contribution in [0.2, 0.25) is 0 Å². The third kappa shape index (κ3) is 3.82. The molecule has 0 aromatic carbocycles. The second-order valence-corrected chi connectivity index (χ2v) is 5.68. The fourth-order valence-electron chi connectivity index (χ4n) is 2.20. The van der Waals surface area contributed by atoms with E-state index in [2.05, 4.69) is 13.8 Å². The molecule has 0 radical (unpaired) electrons. The van der Waals surface area contributed by atoms with Gasteiger partial charge >= 0.3 is 5.97 Å². The molecule has 1 N–H and O–H groups in total. The molecule has 0 unspecified atom stereocenters. The lowest BCUT2D eigenvalue weighted by molar-refractivity contribution is -0.158. The van der Waals surface area contributed by atoms with E-state index in [1.54, 1.807) is 0 Å². The fraction of sp³-hybridized carbons (Fsp3) is 0.917. The van der Waals surface area contributed by atoms with Gasteiger partial charge < -0.3 is 9.84 Å². The van der Waals surface area contributed by atoms with Gasteiger partial charge in [-0.3, -0.25) is 4.79 Å². The molecule has 0 saturated heterocycles. The minimum atomic E-state index is -0.335. The Hall–Kier alpha value is -0.570. The number of carbonyl (C=O) groups excluding carboxylic acids is 1. The minimum Gasteiger partial charge on any atom is -0.462 e. The molecule has 1 saturated carbocycles. The predicted octanol–water partition coefficient (Wildman–Crippen LogP) is 2.13. The summed E-state index contributed by atoms with van der Waals surface area (Å²) in [6, 6.07) is 0. The summed E-state index contributed by atoms with van der Waals surface area (Å²) in [5, 5.41) is 9.68. The maximum absolute atomic E-state index is 11.4. The highest BCUT2D eigenvalue weighted by molar-refractivity contribution is 5.71. The van der Waals surface area contributed by atoms with Crippen LogP contribution in [0, 0.1) is 11.3 Å². The maximum atomic E-state index is 11.4. The number of esters is 1. The van der Waals surface area contributed by atoms with Crippen LogP contribution in [0.25, 0.3) is 0 Å². The quantitative estimate of drug-likeness (QED) is 0.716. The summed E-state index contributed by atoms with van der Waals surface area (Å²) in [6.45, 7) is 7.86. The van der Waals surface area contributed by atoms with Gasteiger partial charge in [-0.05, 0) is 18.3 Å². The van der Waals surface area contributed by atoms with Crippen molar-refractivity contribution in [3.63, 3.8) is 0 Å². The normalized spacial score (nSPS) is 30.3. The highest BCUT2D eigenvalue weighted by Gasteiger charge is 2.35. The Bertz CT molecular complexity index is 233. The van der Waals surface area contributed by atoms with Crippen molar-refractivity contribution in [3.8, 4) is 0 Å². The summed E-state index contributed by atoms with van der Waals surface area (Å²) in [5.74, 6) is -0.253. The maximum Gasteiger partial charge on any atom is 0.308 e. The fourth-order valence-corrected chi connectivity index (χ4v) is 2.20. The van der Waals surface area contributed by atoms with E-state index in [9.17, 15) is 9.90 Å². The Morgan fingerprint density at radius 3 is 2.47 bits per heavy atom. The van der Waals surface area contributed by atoms with Gasteiger partial charge in [-0.25, -0.2) is 0 Å². The Morgan fingerprint density at radius 2 is 2.00 bits per heavy atom. The average Bonchev–Trinajstić information content (AvgIpc) is 1.99. The molecule has 15 heavy (non-hydrogen) atoms. The number of carbonyl (C=O) groups is 1. The number of ether oxygens (including phenoxy) is 1. The number of aliphatic hydroxyl groups is 1. The van der Waals surface area contributed by atoms with Gasteiger partial charge in [0, 0.05) is 6.42 Å². The van der Waals surface area contributed by atoms with E-state index < -0.39 is 0 Å². The van der Waals surface area contributed by atoms with Crippen LogP contribution in [-0.2, 0) is 9.53 Å². The molecule has 1 aliphatic rings. The summed E-state index contributed by atoms with van der Waals surface area (Å²) in [5.41, 5.74) is 0.0690.